The van der Waals surface area contributed by atoms with Crippen molar-refractivity contribution in [3.8, 4) is 11.1 Å². The molecule has 5 heterocycles. The van der Waals surface area contributed by atoms with Gasteiger partial charge in [-0.25, -0.2) is 26.3 Å². The maximum Gasteiger partial charge on any atom is 0.489 e. The van der Waals surface area contributed by atoms with Gasteiger partial charge >= 0.3 is 7.12 Å². The molecule has 6 aromatic carbocycles. The normalized spacial score (nSPS) is 18.3. The van der Waals surface area contributed by atoms with E-state index in [4.69, 9.17) is 10.0 Å². The van der Waals surface area contributed by atoms with Gasteiger partial charge in [-0.15, -0.1) is 0 Å². The molecule has 116 heavy (non-hydrogen) atoms. The fourth-order valence-electron chi connectivity index (χ4n) is 15.9. The Morgan fingerprint density at radius 1 is 0.457 bits per heavy atom. The van der Waals surface area contributed by atoms with Gasteiger partial charge in [0.25, 0.3) is 0 Å². The van der Waals surface area contributed by atoms with E-state index in [1.165, 1.54) is 68.5 Å². The fourth-order valence-corrected chi connectivity index (χ4v) is 17.7. The van der Waals surface area contributed by atoms with Gasteiger partial charge in [-0.05, 0) is 248 Å². The summed E-state index contributed by atoms with van der Waals surface area (Å²) >= 11 is 5.39. The van der Waals surface area contributed by atoms with Crippen molar-refractivity contribution in [2.75, 3.05) is 19.6 Å². The first kappa shape index (κ1) is 87.6. The maximum atomic E-state index is 13.8. The number of rotatable bonds is 26. The van der Waals surface area contributed by atoms with E-state index < -0.39 is 95.1 Å². The summed E-state index contributed by atoms with van der Waals surface area (Å²) in [5.41, 5.74) is 12.7. The number of hydrogen-bond acceptors (Lipinski definition) is 16. The zero-order valence-electron chi connectivity index (χ0n) is 65.2. The van der Waals surface area contributed by atoms with Crippen LogP contribution in [0.3, 0.4) is 0 Å². The number of nitrogens with one attached hydrogen (secondary N) is 6. The molecular formula is C86H96BF6IN12O8S2. The minimum atomic E-state index is -1.30. The second-order valence-corrected chi connectivity index (χ2v) is 33.0. The van der Waals surface area contributed by atoms with Crippen molar-refractivity contribution in [2.24, 2.45) is 21.1 Å². The fraction of sp³-hybridized carbons (Fsp3) is 0.349. The highest BCUT2D eigenvalue weighted by atomic mass is 127. The average Bonchev–Trinajstić information content (AvgIpc) is 1.53. The van der Waals surface area contributed by atoms with Crippen LogP contribution in [0.4, 0.5) is 26.3 Å². The molecule has 0 fully saturated rings. The Labute approximate surface area is 692 Å². The summed E-state index contributed by atoms with van der Waals surface area (Å²) in [5, 5.41) is 90.9. The monoisotopic (exact) mass is 1740 g/mol. The molecule has 3 amide bonds. The average molecular weight is 1740 g/mol. The largest absolute Gasteiger partial charge is 0.489 e. The number of fused-ring (bicyclic) bond motifs is 3. The Bertz CT molecular complexity index is 5060. The first-order valence-corrected chi connectivity index (χ1v) is 41.2. The van der Waals surface area contributed by atoms with Crippen LogP contribution in [-0.4, -0.2) is 136 Å². The number of thiophene rings is 2. The molecule has 0 bridgehead atoms. The minimum Gasteiger partial charge on any atom is -0.423 e. The van der Waals surface area contributed by atoms with Crippen LogP contribution in [0.25, 0.3) is 11.1 Å². The third-order valence-electron chi connectivity index (χ3n) is 21.3. The first-order chi connectivity index (χ1) is 55.4. The van der Waals surface area contributed by atoms with E-state index in [2.05, 4.69) is 135 Å². The van der Waals surface area contributed by atoms with Crippen LogP contribution in [0.15, 0.2) is 186 Å². The van der Waals surface area contributed by atoms with Gasteiger partial charge in [0, 0.05) is 119 Å². The van der Waals surface area contributed by atoms with E-state index in [1.54, 1.807) is 28.2 Å². The highest BCUT2D eigenvalue weighted by molar-refractivity contribution is 14.1. The predicted molar refractivity (Wildman–Crippen MR) is 445 cm³/mol. The number of amides is 3. The Kier molecular flexibility index (Phi) is 30.1. The molecule has 612 valence electrons. The number of nitrogens with zero attached hydrogens (tertiary/aromatic N) is 6. The second kappa shape index (κ2) is 39.8. The third kappa shape index (κ3) is 23.8. The lowest BCUT2D eigenvalue weighted by molar-refractivity contribution is -0.121. The number of aryl methyl sites for hydroxylation is 6. The molecule has 5 aromatic heterocycles. The van der Waals surface area contributed by atoms with Crippen molar-refractivity contribution in [3.05, 3.63) is 291 Å². The zero-order valence-corrected chi connectivity index (χ0v) is 68.9. The zero-order chi connectivity index (χ0) is 83.0. The molecule has 0 saturated heterocycles. The van der Waals surface area contributed by atoms with Crippen molar-refractivity contribution < 1.29 is 66.1 Å². The summed E-state index contributed by atoms with van der Waals surface area (Å²) in [6.45, 7) is 4.62. The molecule has 14 rings (SSSR count). The van der Waals surface area contributed by atoms with E-state index >= 15 is 0 Å². The van der Waals surface area contributed by atoms with Gasteiger partial charge in [0.15, 0.2) is 0 Å². The molecule has 3 aliphatic carbocycles. The molecule has 0 spiro atoms. The Hall–Kier alpha value is -9.19. The molecule has 20 nitrogen and oxygen atoms in total. The smallest absolute Gasteiger partial charge is 0.423 e. The van der Waals surface area contributed by atoms with E-state index in [9.17, 15) is 56.0 Å². The highest BCUT2D eigenvalue weighted by Crippen LogP contribution is 2.41. The Morgan fingerprint density at radius 2 is 0.810 bits per heavy atom. The number of aromatic nitrogens is 6. The van der Waals surface area contributed by atoms with Gasteiger partial charge in [0.05, 0.1) is 53.5 Å². The SMILES string of the molecule is CC(=O)N[C@@H](Cc1cc(F)cc(F)c1)[C@H](O)CNC1(c2cccc(-c3ccsc3)c2)CCc2nn(C)cc2C1.CC(=O)N[C@@H](Cc1cc(F)cc(F)c1)[C@H](O)CNC1(c2cccc(I)c2)CCc2nn(C)cc2C1.CC(=O)N[C@@H](Cc1cc(F)cc(F)c1)[C@H](O)CNC1(c2ccccc2)CCc2nn(C)cc2C1.OB(O)c1ccsc1. The lowest BCUT2D eigenvalue weighted by Crippen LogP contribution is -2.54. The third-order valence-corrected chi connectivity index (χ3v) is 23.3. The lowest BCUT2D eigenvalue weighted by atomic mass is 9.75. The maximum absolute atomic E-state index is 13.8. The molecule has 30 heteroatoms. The quantitative estimate of drug-likeness (QED) is 0.0137. The van der Waals surface area contributed by atoms with Gasteiger partial charge in [-0.3, -0.25) is 28.4 Å². The van der Waals surface area contributed by atoms with Crippen LogP contribution in [0.5, 0.6) is 0 Å². The summed E-state index contributed by atoms with van der Waals surface area (Å²) < 4.78 is 89.0. The number of carbonyl (C=O) groups is 3. The van der Waals surface area contributed by atoms with Gasteiger partial charge in [-0.1, -0.05) is 66.7 Å². The van der Waals surface area contributed by atoms with E-state index in [-0.39, 0.29) is 56.6 Å². The molecule has 0 aliphatic heterocycles. The molecule has 11 N–H and O–H groups in total. The van der Waals surface area contributed by atoms with Crippen molar-refractivity contribution in [3.63, 3.8) is 0 Å². The van der Waals surface area contributed by atoms with Crippen molar-refractivity contribution >= 4 is 75.6 Å². The van der Waals surface area contributed by atoms with Crippen LogP contribution >= 0.6 is 45.3 Å². The number of halogens is 7. The highest BCUT2D eigenvalue weighted by Gasteiger charge is 2.42. The Morgan fingerprint density at radius 3 is 1.15 bits per heavy atom. The predicted octanol–water partition coefficient (Wildman–Crippen LogP) is 10.1. The number of aliphatic hydroxyl groups excluding tert-OH is 3. The molecular weight excluding hydrogens is 1640 g/mol. The second-order valence-electron chi connectivity index (χ2n) is 30.2. The summed E-state index contributed by atoms with van der Waals surface area (Å²) in [5.74, 6) is -5.14. The summed E-state index contributed by atoms with van der Waals surface area (Å²) in [7, 11) is 4.44. The molecule has 3 aliphatic rings. The number of aliphatic hydroxyl groups is 3. The van der Waals surface area contributed by atoms with E-state index in [0.717, 1.165) is 122 Å². The van der Waals surface area contributed by atoms with Crippen LogP contribution < -0.4 is 37.4 Å². The van der Waals surface area contributed by atoms with Crippen molar-refractivity contribution in [2.45, 2.75) is 151 Å². The van der Waals surface area contributed by atoms with E-state index in [0.29, 0.717) is 41.4 Å². The Balaban J connectivity index is 0.000000163. The molecule has 11 aromatic rings. The van der Waals surface area contributed by atoms with Crippen molar-refractivity contribution in [1.29, 1.82) is 0 Å². The molecule has 0 saturated carbocycles. The van der Waals surface area contributed by atoms with Gasteiger partial charge in [0.2, 0.25) is 17.7 Å². The molecule has 9 atom stereocenters. The summed E-state index contributed by atoms with van der Waals surface area (Å²) in [6, 6.07) is 38.2. The van der Waals surface area contributed by atoms with Crippen LogP contribution in [0.2, 0.25) is 0 Å². The molecule has 3 unspecified atom stereocenters. The summed E-state index contributed by atoms with van der Waals surface area (Å²) in [4.78, 5) is 35.6. The topological polar surface area (TPSA) is 278 Å². The minimum absolute atomic E-state index is 0.0878. The number of carbonyl (C=O) groups excluding carboxylic acids is 3. The summed E-state index contributed by atoms with van der Waals surface area (Å²) in [6.07, 6.45) is 10.3. The number of benzene rings is 6. The van der Waals surface area contributed by atoms with Crippen LogP contribution in [-0.2, 0) is 110 Å². The first-order valence-electron chi connectivity index (χ1n) is 38.2. The van der Waals surface area contributed by atoms with Gasteiger partial charge < -0.3 is 57.3 Å². The standard InChI is InChI=1S/C30H32F2N4O2S.C26H29F2IN4O2.C26H30F2N4O2.C4H5BO2S/c1-19(37)34-28(12-20-10-25(31)14-26(32)11-20)29(38)16-33-30(8-6-27-23(15-30)17-36(2)35-27)24-5-3-4-21(13-24)22-7-9-39-18-22;1-16(34)31-24(10-17-8-20(27)12-21(28)9-17)25(35)14-30-26(19-4-3-5-22(29)11-19)7-6-23-18(13-26)15-33(2)32-23;1-17(33)30-24(12-18-10-21(27)13-22(28)11-18)25(34)15-29-26(20-6-4-3-5-7-20)9-8-23-19(14-26)16-32(2)31-23;6-5(7)4-1-2-8-3-4/h3-5,7,9-11,13-14,17-18,28-29,33,38H,6,8,12,15-16H2,1-2H3,(H,34,37);3-5,8-9,11-12,15,24-25,30,35H,6-7,10,13-14H2,1-2H3,(H,31,34);3-7,10-11,13,16,24-25,29,34H,8-9,12,14-15H2,1-2H3,(H,30,33);1-3,6-7H/t28-,29+,30?;2*24-,25+,26?;/m000./s1. The van der Waals surface area contributed by atoms with Crippen LogP contribution in [0, 0.1) is 38.5 Å². The van der Waals surface area contributed by atoms with Gasteiger partial charge in [-0.2, -0.15) is 38.0 Å². The van der Waals surface area contributed by atoms with Crippen molar-refractivity contribution in [1.82, 2.24) is 61.2 Å². The molecule has 0 radical (unpaired) electrons. The van der Waals surface area contributed by atoms with E-state index in [1.807, 2.05) is 84.1 Å². The van der Waals surface area contributed by atoms with Crippen LogP contribution in [0.1, 0.15) is 107 Å². The lowest BCUT2D eigenvalue weighted by Gasteiger charge is -2.40. The van der Waals surface area contributed by atoms with Gasteiger partial charge in [0.1, 0.15) is 34.9 Å². The number of hydrogen-bond donors (Lipinski definition) is 11.